The minimum atomic E-state index is -0.934. The van der Waals surface area contributed by atoms with Crippen LogP contribution in [-0.4, -0.2) is 34.0 Å². The van der Waals surface area contributed by atoms with E-state index in [0.29, 0.717) is 19.4 Å². The molecule has 1 unspecified atom stereocenters. The third-order valence-electron chi connectivity index (χ3n) is 3.31. The zero-order valence-electron chi connectivity index (χ0n) is 10.3. The second-order valence-electron chi connectivity index (χ2n) is 4.83. The number of hydrogen-bond acceptors (Lipinski definition) is 2. The molecule has 1 rings (SSSR count). The number of carbonyl (C=O) groups is 2. The summed E-state index contributed by atoms with van der Waals surface area (Å²) in [7, 11) is 0. The monoisotopic (exact) mass is 227 g/mol. The molecule has 4 nitrogen and oxygen atoms in total. The first-order valence-electron chi connectivity index (χ1n) is 6.00. The van der Waals surface area contributed by atoms with Crippen LogP contribution in [0.4, 0.5) is 0 Å². The van der Waals surface area contributed by atoms with Gasteiger partial charge in [-0.05, 0) is 19.3 Å². The van der Waals surface area contributed by atoms with E-state index >= 15 is 0 Å². The summed E-state index contributed by atoms with van der Waals surface area (Å²) < 4.78 is 0. The van der Waals surface area contributed by atoms with Crippen molar-refractivity contribution in [3.8, 4) is 0 Å². The highest BCUT2D eigenvalue weighted by Gasteiger charge is 2.49. The second-order valence-corrected chi connectivity index (χ2v) is 4.83. The Balaban J connectivity index is 2.98. The van der Waals surface area contributed by atoms with Gasteiger partial charge >= 0.3 is 5.97 Å². The Labute approximate surface area is 96.6 Å². The van der Waals surface area contributed by atoms with E-state index in [1.54, 1.807) is 4.90 Å². The van der Waals surface area contributed by atoms with Gasteiger partial charge in [-0.2, -0.15) is 0 Å². The van der Waals surface area contributed by atoms with E-state index in [1.807, 2.05) is 20.8 Å². The van der Waals surface area contributed by atoms with E-state index in [9.17, 15) is 14.7 Å². The quantitative estimate of drug-likeness (QED) is 0.797. The molecule has 1 atom stereocenters. The van der Waals surface area contributed by atoms with Crippen LogP contribution in [0.3, 0.4) is 0 Å². The van der Waals surface area contributed by atoms with Gasteiger partial charge in [0.1, 0.15) is 5.54 Å². The molecule has 1 aliphatic rings. The Hall–Kier alpha value is -1.06. The van der Waals surface area contributed by atoms with Crippen LogP contribution in [0.1, 0.15) is 46.5 Å². The molecule has 92 valence electrons. The number of carbonyl (C=O) groups excluding carboxylic acids is 1. The molecule has 0 spiro atoms. The zero-order valence-corrected chi connectivity index (χ0v) is 10.3. The minimum absolute atomic E-state index is 0.0339. The Bertz CT molecular complexity index is 288. The molecule has 0 aromatic carbocycles. The molecule has 0 aliphatic carbocycles. The van der Waals surface area contributed by atoms with Gasteiger partial charge in [0.2, 0.25) is 5.91 Å². The molecule has 0 radical (unpaired) electrons. The maximum atomic E-state index is 12.0. The van der Waals surface area contributed by atoms with Crippen molar-refractivity contribution in [1.29, 1.82) is 0 Å². The largest absolute Gasteiger partial charge is 0.479 e. The first-order chi connectivity index (χ1) is 7.45. The van der Waals surface area contributed by atoms with E-state index < -0.39 is 11.5 Å². The van der Waals surface area contributed by atoms with Gasteiger partial charge in [0, 0.05) is 12.5 Å². The zero-order chi connectivity index (χ0) is 12.3. The van der Waals surface area contributed by atoms with Crippen LogP contribution in [0.2, 0.25) is 0 Å². The van der Waals surface area contributed by atoms with Gasteiger partial charge in [-0.3, -0.25) is 4.79 Å². The molecule has 16 heavy (non-hydrogen) atoms. The number of likely N-dealkylation sites (tertiary alicyclic amines) is 1. The predicted molar refractivity (Wildman–Crippen MR) is 61.1 cm³/mol. The van der Waals surface area contributed by atoms with Crippen LogP contribution < -0.4 is 0 Å². The van der Waals surface area contributed by atoms with Gasteiger partial charge < -0.3 is 10.0 Å². The van der Waals surface area contributed by atoms with Gasteiger partial charge in [-0.15, -0.1) is 0 Å². The highest BCUT2D eigenvalue weighted by atomic mass is 16.4. The number of amides is 1. The summed E-state index contributed by atoms with van der Waals surface area (Å²) in [5, 5.41) is 9.40. The fraction of sp³-hybridized carbons (Fsp3) is 0.833. The first-order valence-corrected chi connectivity index (χ1v) is 6.00. The van der Waals surface area contributed by atoms with Crippen molar-refractivity contribution < 1.29 is 14.7 Å². The molecule has 1 amide bonds. The maximum Gasteiger partial charge on any atom is 0.329 e. The third kappa shape index (κ3) is 2.06. The minimum Gasteiger partial charge on any atom is -0.479 e. The topological polar surface area (TPSA) is 57.6 Å². The maximum absolute atomic E-state index is 12.0. The number of carboxylic acid groups (broad SMARTS) is 1. The normalized spacial score (nSPS) is 25.1. The third-order valence-corrected chi connectivity index (χ3v) is 3.31. The fourth-order valence-corrected chi connectivity index (χ4v) is 2.51. The molecular formula is C12H21NO3. The molecule has 4 heteroatoms. The van der Waals surface area contributed by atoms with Gasteiger partial charge in [-0.25, -0.2) is 4.79 Å². The van der Waals surface area contributed by atoms with Gasteiger partial charge in [0.05, 0.1) is 0 Å². The van der Waals surface area contributed by atoms with Crippen LogP contribution in [0.15, 0.2) is 0 Å². The lowest BCUT2D eigenvalue weighted by Crippen LogP contribution is -2.54. The molecule has 1 fully saturated rings. The SMILES string of the molecule is CCCC1(C(=O)O)CCCN1C(=O)C(C)C. The summed E-state index contributed by atoms with van der Waals surface area (Å²) >= 11 is 0. The summed E-state index contributed by atoms with van der Waals surface area (Å²) in [6.45, 7) is 6.18. The average molecular weight is 227 g/mol. The molecule has 1 heterocycles. The van der Waals surface area contributed by atoms with Crippen LogP contribution in [-0.2, 0) is 9.59 Å². The standard InChI is InChI=1S/C12H21NO3/c1-4-6-12(11(15)16)7-5-8-13(12)10(14)9(2)3/h9H,4-8H2,1-3H3,(H,15,16). The number of hydrogen-bond donors (Lipinski definition) is 1. The Morgan fingerprint density at radius 3 is 2.50 bits per heavy atom. The first kappa shape index (κ1) is 13.0. The Morgan fingerprint density at radius 1 is 1.44 bits per heavy atom. The molecule has 1 aliphatic heterocycles. The predicted octanol–water partition coefficient (Wildman–Crippen LogP) is 1.89. The average Bonchev–Trinajstić information content (AvgIpc) is 2.62. The van der Waals surface area contributed by atoms with E-state index in [2.05, 4.69) is 0 Å². The number of carboxylic acids is 1. The van der Waals surface area contributed by atoms with Crippen molar-refractivity contribution in [1.82, 2.24) is 4.90 Å². The van der Waals surface area contributed by atoms with Crippen molar-refractivity contribution in [2.75, 3.05) is 6.54 Å². The van der Waals surface area contributed by atoms with Crippen LogP contribution >= 0.6 is 0 Å². The van der Waals surface area contributed by atoms with E-state index in [0.717, 1.165) is 12.8 Å². The van der Waals surface area contributed by atoms with Crippen molar-refractivity contribution in [3.05, 3.63) is 0 Å². The molecule has 0 bridgehead atoms. The van der Waals surface area contributed by atoms with Crippen molar-refractivity contribution in [2.45, 2.75) is 52.0 Å². The highest BCUT2D eigenvalue weighted by Crippen LogP contribution is 2.35. The molecule has 0 aromatic rings. The van der Waals surface area contributed by atoms with Gasteiger partial charge in [0.15, 0.2) is 0 Å². The second kappa shape index (κ2) is 4.85. The molecule has 1 saturated heterocycles. The van der Waals surface area contributed by atoms with E-state index in [-0.39, 0.29) is 11.8 Å². The molecule has 0 saturated carbocycles. The van der Waals surface area contributed by atoms with Crippen molar-refractivity contribution in [2.24, 2.45) is 5.92 Å². The van der Waals surface area contributed by atoms with Crippen LogP contribution in [0.5, 0.6) is 0 Å². The Morgan fingerprint density at radius 2 is 2.06 bits per heavy atom. The Kier molecular flexibility index (Phi) is 3.94. The summed E-state index contributed by atoms with van der Waals surface area (Å²) in [4.78, 5) is 25.0. The van der Waals surface area contributed by atoms with Crippen molar-refractivity contribution >= 4 is 11.9 Å². The lowest BCUT2D eigenvalue weighted by molar-refractivity contribution is -0.158. The van der Waals surface area contributed by atoms with Crippen molar-refractivity contribution in [3.63, 3.8) is 0 Å². The molecule has 1 N–H and O–H groups in total. The number of aliphatic carboxylic acids is 1. The van der Waals surface area contributed by atoms with Crippen LogP contribution in [0, 0.1) is 5.92 Å². The summed E-state index contributed by atoms with van der Waals surface area (Å²) in [5.74, 6) is -1.01. The lowest BCUT2D eigenvalue weighted by Gasteiger charge is -2.35. The highest BCUT2D eigenvalue weighted by molar-refractivity contribution is 5.88. The number of rotatable bonds is 4. The number of nitrogens with zero attached hydrogens (tertiary/aromatic N) is 1. The smallest absolute Gasteiger partial charge is 0.329 e. The lowest BCUT2D eigenvalue weighted by atomic mass is 9.90. The summed E-state index contributed by atoms with van der Waals surface area (Å²) in [5.41, 5.74) is -0.934. The van der Waals surface area contributed by atoms with Crippen LogP contribution in [0.25, 0.3) is 0 Å². The van der Waals surface area contributed by atoms with Gasteiger partial charge in [0.25, 0.3) is 0 Å². The molecular weight excluding hydrogens is 206 g/mol. The van der Waals surface area contributed by atoms with E-state index in [4.69, 9.17) is 0 Å². The summed E-state index contributed by atoms with van der Waals surface area (Å²) in [6.07, 6.45) is 2.73. The summed E-state index contributed by atoms with van der Waals surface area (Å²) in [6, 6.07) is 0. The van der Waals surface area contributed by atoms with E-state index in [1.165, 1.54) is 0 Å². The van der Waals surface area contributed by atoms with Gasteiger partial charge in [-0.1, -0.05) is 27.2 Å². The molecule has 0 aromatic heterocycles. The fourth-order valence-electron chi connectivity index (χ4n) is 2.51.